The smallest absolute Gasteiger partial charge is 0.255 e. The van der Waals surface area contributed by atoms with Crippen molar-refractivity contribution >= 4 is 49.1 Å². The minimum atomic E-state index is 0.0428. The first-order chi connectivity index (χ1) is 8.04. The summed E-state index contributed by atoms with van der Waals surface area (Å²) in [6, 6.07) is 2.03. The first-order valence-electron chi connectivity index (χ1n) is 5.46. The third-order valence-corrected chi connectivity index (χ3v) is 5.45. The molecule has 0 spiro atoms. The first kappa shape index (κ1) is 13.5. The number of carbonyl (C=O) groups excluding carboxylic acids is 1. The molecule has 2 N–H and O–H groups in total. The Labute approximate surface area is 122 Å². The van der Waals surface area contributed by atoms with Crippen LogP contribution < -0.4 is 5.73 Å². The Hall–Kier alpha value is 0.0900. The highest BCUT2D eigenvalue weighted by Crippen LogP contribution is 2.37. The van der Waals surface area contributed by atoms with Crippen molar-refractivity contribution in [2.24, 2.45) is 11.7 Å². The van der Waals surface area contributed by atoms with Crippen LogP contribution in [0.25, 0.3) is 0 Å². The summed E-state index contributed by atoms with van der Waals surface area (Å²) in [6.07, 6.45) is 2.38. The van der Waals surface area contributed by atoms with E-state index in [2.05, 4.69) is 31.9 Å². The molecule has 1 aliphatic carbocycles. The minimum Gasteiger partial charge on any atom is -0.337 e. The zero-order valence-corrected chi connectivity index (χ0v) is 13.4. The predicted octanol–water partition coefficient (Wildman–Crippen LogP) is 3.08. The Balaban J connectivity index is 2.15. The Morgan fingerprint density at radius 3 is 2.71 bits per heavy atom. The number of likely N-dealkylation sites (N-methyl/N-ethyl adjacent to an activating group) is 1. The number of carbonyl (C=O) groups is 1. The van der Waals surface area contributed by atoms with Gasteiger partial charge in [0, 0.05) is 19.6 Å². The SMILES string of the molecule is CN(C(=O)c1cc(Br)sc1Br)C(CN)C1CC1. The van der Waals surface area contributed by atoms with Crippen molar-refractivity contribution in [3.05, 3.63) is 19.2 Å². The van der Waals surface area contributed by atoms with Crippen molar-refractivity contribution < 1.29 is 4.79 Å². The number of nitrogens with zero attached hydrogens (tertiary/aromatic N) is 1. The molecule has 1 atom stereocenters. The Morgan fingerprint density at radius 1 is 1.65 bits per heavy atom. The third-order valence-electron chi connectivity index (χ3n) is 3.11. The van der Waals surface area contributed by atoms with Gasteiger partial charge in [-0.25, -0.2) is 0 Å². The summed E-state index contributed by atoms with van der Waals surface area (Å²) in [4.78, 5) is 14.1. The molecule has 1 heterocycles. The van der Waals surface area contributed by atoms with Crippen molar-refractivity contribution in [3.63, 3.8) is 0 Å². The molecule has 17 heavy (non-hydrogen) atoms. The highest BCUT2D eigenvalue weighted by atomic mass is 79.9. The van der Waals surface area contributed by atoms with Crippen LogP contribution in [-0.4, -0.2) is 30.4 Å². The van der Waals surface area contributed by atoms with Crippen LogP contribution in [0.5, 0.6) is 0 Å². The van der Waals surface area contributed by atoms with E-state index in [4.69, 9.17) is 5.73 Å². The van der Waals surface area contributed by atoms with E-state index in [1.165, 1.54) is 24.2 Å². The van der Waals surface area contributed by atoms with Gasteiger partial charge in [0.05, 0.1) is 13.1 Å². The van der Waals surface area contributed by atoms with E-state index in [1.807, 2.05) is 13.1 Å². The second-order valence-corrected chi connectivity index (χ2v) is 8.04. The summed E-state index contributed by atoms with van der Waals surface area (Å²) in [6.45, 7) is 0.538. The molecule has 0 aliphatic heterocycles. The Kier molecular flexibility index (Phi) is 4.28. The van der Waals surface area contributed by atoms with Crippen molar-refractivity contribution in [2.45, 2.75) is 18.9 Å². The Morgan fingerprint density at radius 2 is 2.29 bits per heavy atom. The van der Waals surface area contributed by atoms with E-state index in [-0.39, 0.29) is 11.9 Å². The lowest BCUT2D eigenvalue weighted by Crippen LogP contribution is -2.43. The van der Waals surface area contributed by atoms with Crippen LogP contribution in [0.15, 0.2) is 13.6 Å². The topological polar surface area (TPSA) is 46.3 Å². The number of hydrogen-bond donors (Lipinski definition) is 1. The number of hydrogen-bond acceptors (Lipinski definition) is 3. The fraction of sp³-hybridized carbons (Fsp3) is 0.545. The summed E-state index contributed by atoms with van der Waals surface area (Å²) in [5, 5.41) is 0. The highest BCUT2D eigenvalue weighted by Gasteiger charge is 2.35. The molecule has 1 unspecified atom stereocenters. The van der Waals surface area contributed by atoms with Crippen LogP contribution in [0.1, 0.15) is 23.2 Å². The molecule has 0 saturated heterocycles. The number of nitrogens with two attached hydrogens (primary N) is 1. The maximum absolute atomic E-state index is 12.3. The molecule has 1 amide bonds. The molecule has 1 aromatic heterocycles. The van der Waals surface area contributed by atoms with Gasteiger partial charge < -0.3 is 10.6 Å². The minimum absolute atomic E-state index is 0.0428. The largest absolute Gasteiger partial charge is 0.337 e. The van der Waals surface area contributed by atoms with E-state index in [0.29, 0.717) is 18.0 Å². The summed E-state index contributed by atoms with van der Waals surface area (Å²) in [5.74, 6) is 0.635. The number of amides is 1. The summed E-state index contributed by atoms with van der Waals surface area (Å²) in [5.41, 5.74) is 6.47. The molecule has 1 saturated carbocycles. The number of thiophene rings is 1. The van der Waals surface area contributed by atoms with Crippen molar-refractivity contribution in [2.75, 3.05) is 13.6 Å². The third kappa shape index (κ3) is 2.92. The van der Waals surface area contributed by atoms with Crippen LogP contribution in [0.2, 0.25) is 0 Å². The molecular weight excluding hydrogens is 368 g/mol. The van der Waals surface area contributed by atoms with Gasteiger partial charge in [0.2, 0.25) is 0 Å². The molecule has 1 fully saturated rings. The average molecular weight is 382 g/mol. The molecule has 0 bridgehead atoms. The van der Waals surface area contributed by atoms with Crippen LogP contribution in [0.3, 0.4) is 0 Å². The zero-order chi connectivity index (χ0) is 12.6. The standard InChI is InChI=1S/C11H14Br2N2OS/c1-15(8(5-14)6-2-3-6)11(16)7-4-9(12)17-10(7)13/h4,6,8H,2-3,5,14H2,1H3. The number of halogens is 2. The van der Waals surface area contributed by atoms with Crippen molar-refractivity contribution in [3.8, 4) is 0 Å². The maximum atomic E-state index is 12.3. The fourth-order valence-corrected chi connectivity index (χ4v) is 4.75. The maximum Gasteiger partial charge on any atom is 0.255 e. The van der Waals surface area contributed by atoms with Crippen LogP contribution in [0.4, 0.5) is 0 Å². The fourth-order valence-electron chi connectivity index (χ4n) is 1.97. The first-order valence-corrected chi connectivity index (χ1v) is 7.87. The molecule has 6 heteroatoms. The van der Waals surface area contributed by atoms with Gasteiger partial charge in [0.1, 0.15) is 0 Å². The molecule has 1 aliphatic rings. The lowest BCUT2D eigenvalue weighted by Gasteiger charge is -2.27. The number of rotatable bonds is 4. The summed E-state index contributed by atoms with van der Waals surface area (Å²) in [7, 11) is 1.84. The van der Waals surface area contributed by atoms with Gasteiger partial charge in [-0.05, 0) is 56.7 Å². The Bertz CT molecular complexity index is 431. The second kappa shape index (κ2) is 5.38. The lowest BCUT2D eigenvalue weighted by atomic mass is 10.1. The highest BCUT2D eigenvalue weighted by molar-refractivity contribution is 9.12. The van der Waals surface area contributed by atoms with E-state index < -0.39 is 0 Å². The van der Waals surface area contributed by atoms with Crippen LogP contribution in [-0.2, 0) is 0 Å². The molecule has 94 valence electrons. The molecule has 2 rings (SSSR count). The average Bonchev–Trinajstić information content (AvgIpc) is 3.04. The second-order valence-electron chi connectivity index (χ2n) is 4.29. The van der Waals surface area contributed by atoms with Gasteiger partial charge in [-0.3, -0.25) is 4.79 Å². The molecular formula is C11H14Br2N2OS. The van der Waals surface area contributed by atoms with Gasteiger partial charge in [-0.2, -0.15) is 0 Å². The van der Waals surface area contributed by atoms with E-state index >= 15 is 0 Å². The normalized spacial score (nSPS) is 16.9. The van der Waals surface area contributed by atoms with Gasteiger partial charge in [0.25, 0.3) is 5.91 Å². The molecule has 1 aromatic rings. The van der Waals surface area contributed by atoms with E-state index in [0.717, 1.165) is 7.57 Å². The zero-order valence-electron chi connectivity index (χ0n) is 9.45. The summed E-state index contributed by atoms with van der Waals surface area (Å²) >= 11 is 8.32. The predicted molar refractivity (Wildman–Crippen MR) is 77.4 cm³/mol. The van der Waals surface area contributed by atoms with E-state index in [1.54, 1.807) is 4.90 Å². The van der Waals surface area contributed by atoms with E-state index in [9.17, 15) is 4.79 Å². The van der Waals surface area contributed by atoms with Crippen molar-refractivity contribution in [1.82, 2.24) is 4.90 Å². The van der Waals surface area contributed by atoms with Gasteiger partial charge in [0.15, 0.2) is 0 Å². The monoisotopic (exact) mass is 380 g/mol. The van der Waals surface area contributed by atoms with Crippen LogP contribution in [0, 0.1) is 5.92 Å². The van der Waals surface area contributed by atoms with Crippen LogP contribution >= 0.6 is 43.2 Å². The summed E-state index contributed by atoms with van der Waals surface area (Å²) < 4.78 is 1.82. The van der Waals surface area contributed by atoms with Gasteiger partial charge >= 0.3 is 0 Å². The van der Waals surface area contributed by atoms with Gasteiger partial charge in [-0.1, -0.05) is 0 Å². The molecule has 0 radical (unpaired) electrons. The van der Waals surface area contributed by atoms with Crippen molar-refractivity contribution in [1.29, 1.82) is 0 Å². The molecule has 0 aromatic carbocycles. The lowest BCUT2D eigenvalue weighted by molar-refractivity contribution is 0.0718. The van der Waals surface area contributed by atoms with Gasteiger partial charge in [-0.15, -0.1) is 11.3 Å². The quantitative estimate of drug-likeness (QED) is 0.870. The molecule has 3 nitrogen and oxygen atoms in total.